The minimum absolute atomic E-state index is 0.199. The van der Waals surface area contributed by atoms with E-state index in [4.69, 9.17) is 9.15 Å². The Hall–Kier alpha value is -1.58. The molecule has 0 fully saturated rings. The first-order valence-electron chi connectivity index (χ1n) is 6.83. The quantitative estimate of drug-likeness (QED) is 0.891. The molecule has 1 aliphatic rings. The van der Waals surface area contributed by atoms with E-state index < -0.39 is 0 Å². The molecule has 1 aliphatic heterocycles. The van der Waals surface area contributed by atoms with Crippen LogP contribution in [0.3, 0.4) is 0 Å². The first-order chi connectivity index (χ1) is 9.38. The lowest BCUT2D eigenvalue weighted by atomic mass is 9.97. The SMILES string of the molecule is CCCNC(c1ccoc1)c1ccc2c(c1)COC2. The maximum atomic E-state index is 5.48. The maximum absolute atomic E-state index is 5.48. The van der Waals surface area contributed by atoms with Crippen molar-refractivity contribution in [2.24, 2.45) is 0 Å². The van der Waals surface area contributed by atoms with E-state index in [0.29, 0.717) is 0 Å². The number of benzene rings is 1. The fourth-order valence-corrected chi connectivity index (χ4v) is 2.53. The number of furan rings is 1. The van der Waals surface area contributed by atoms with Crippen LogP contribution in [0.4, 0.5) is 0 Å². The third kappa shape index (κ3) is 2.57. The van der Waals surface area contributed by atoms with Gasteiger partial charge < -0.3 is 14.5 Å². The molecule has 1 aromatic heterocycles. The van der Waals surface area contributed by atoms with Gasteiger partial charge in [0.2, 0.25) is 0 Å². The summed E-state index contributed by atoms with van der Waals surface area (Å²) < 4.78 is 10.7. The van der Waals surface area contributed by atoms with Crippen LogP contribution in [0.5, 0.6) is 0 Å². The predicted molar refractivity (Wildman–Crippen MR) is 73.8 cm³/mol. The van der Waals surface area contributed by atoms with Crippen LogP contribution in [0, 0.1) is 0 Å². The summed E-state index contributed by atoms with van der Waals surface area (Å²) in [4.78, 5) is 0. The highest BCUT2D eigenvalue weighted by molar-refractivity contribution is 5.38. The van der Waals surface area contributed by atoms with Crippen molar-refractivity contribution in [3.8, 4) is 0 Å². The highest BCUT2D eigenvalue weighted by Crippen LogP contribution is 2.27. The number of ether oxygens (including phenoxy) is 1. The molecule has 1 aromatic carbocycles. The Bertz CT molecular complexity index is 534. The highest BCUT2D eigenvalue weighted by Gasteiger charge is 2.18. The molecule has 19 heavy (non-hydrogen) atoms. The number of nitrogens with one attached hydrogen (secondary N) is 1. The molecule has 2 aromatic rings. The average Bonchev–Trinajstić information content (AvgIpc) is 3.09. The van der Waals surface area contributed by atoms with Crippen LogP contribution in [-0.4, -0.2) is 6.54 Å². The van der Waals surface area contributed by atoms with Gasteiger partial charge in [0.15, 0.2) is 0 Å². The van der Waals surface area contributed by atoms with Crippen molar-refractivity contribution in [1.82, 2.24) is 5.32 Å². The molecule has 2 heterocycles. The zero-order chi connectivity index (χ0) is 13.1. The Morgan fingerprint density at radius 1 is 1.16 bits per heavy atom. The van der Waals surface area contributed by atoms with E-state index in [1.165, 1.54) is 22.3 Å². The molecular formula is C16H19NO2. The predicted octanol–water partition coefficient (Wildman–Crippen LogP) is 3.40. The van der Waals surface area contributed by atoms with Gasteiger partial charge in [-0.3, -0.25) is 0 Å². The van der Waals surface area contributed by atoms with Crippen LogP contribution in [0.1, 0.15) is 41.6 Å². The van der Waals surface area contributed by atoms with Crippen molar-refractivity contribution in [3.63, 3.8) is 0 Å². The van der Waals surface area contributed by atoms with Gasteiger partial charge in [-0.15, -0.1) is 0 Å². The van der Waals surface area contributed by atoms with E-state index in [1.807, 2.05) is 12.3 Å². The minimum atomic E-state index is 0.199. The monoisotopic (exact) mass is 257 g/mol. The molecule has 0 amide bonds. The van der Waals surface area contributed by atoms with E-state index in [0.717, 1.165) is 26.2 Å². The Morgan fingerprint density at radius 3 is 2.84 bits per heavy atom. The maximum Gasteiger partial charge on any atom is 0.0953 e. The van der Waals surface area contributed by atoms with Gasteiger partial charge in [-0.05, 0) is 35.7 Å². The third-order valence-corrected chi connectivity index (χ3v) is 3.55. The van der Waals surface area contributed by atoms with E-state index in [2.05, 4.69) is 30.4 Å². The van der Waals surface area contributed by atoms with Crippen molar-refractivity contribution in [1.29, 1.82) is 0 Å². The lowest BCUT2D eigenvalue weighted by Gasteiger charge is -2.18. The number of hydrogen-bond acceptors (Lipinski definition) is 3. The lowest BCUT2D eigenvalue weighted by Crippen LogP contribution is -2.22. The van der Waals surface area contributed by atoms with Crippen LogP contribution >= 0.6 is 0 Å². The van der Waals surface area contributed by atoms with Gasteiger partial charge in [-0.1, -0.05) is 25.1 Å². The minimum Gasteiger partial charge on any atom is -0.472 e. The fraction of sp³-hybridized carbons (Fsp3) is 0.375. The van der Waals surface area contributed by atoms with Gasteiger partial charge >= 0.3 is 0 Å². The van der Waals surface area contributed by atoms with E-state index in [-0.39, 0.29) is 6.04 Å². The second kappa shape index (κ2) is 5.59. The summed E-state index contributed by atoms with van der Waals surface area (Å²) in [6, 6.07) is 8.84. The van der Waals surface area contributed by atoms with Crippen LogP contribution in [0.2, 0.25) is 0 Å². The zero-order valence-corrected chi connectivity index (χ0v) is 11.2. The van der Waals surface area contributed by atoms with Gasteiger partial charge in [-0.2, -0.15) is 0 Å². The lowest BCUT2D eigenvalue weighted by molar-refractivity contribution is 0.134. The summed E-state index contributed by atoms with van der Waals surface area (Å²) in [6.45, 7) is 4.64. The second-order valence-electron chi connectivity index (χ2n) is 4.96. The van der Waals surface area contributed by atoms with E-state index >= 15 is 0 Å². The average molecular weight is 257 g/mol. The molecule has 3 heteroatoms. The standard InChI is InChI=1S/C16H19NO2/c1-2-6-17-16(14-5-7-18-10-14)12-3-4-13-9-19-11-15(13)8-12/h3-5,7-8,10,16-17H,2,6,9,11H2,1H3. The van der Waals surface area contributed by atoms with Crippen molar-refractivity contribution < 1.29 is 9.15 Å². The van der Waals surface area contributed by atoms with Crippen molar-refractivity contribution in [2.75, 3.05) is 6.54 Å². The van der Waals surface area contributed by atoms with E-state index in [1.54, 1.807) is 6.26 Å². The smallest absolute Gasteiger partial charge is 0.0953 e. The third-order valence-electron chi connectivity index (χ3n) is 3.55. The van der Waals surface area contributed by atoms with Crippen LogP contribution < -0.4 is 5.32 Å². The zero-order valence-electron chi connectivity index (χ0n) is 11.2. The molecule has 100 valence electrons. The first-order valence-corrected chi connectivity index (χ1v) is 6.83. The molecule has 3 nitrogen and oxygen atoms in total. The summed E-state index contributed by atoms with van der Waals surface area (Å²) >= 11 is 0. The number of fused-ring (bicyclic) bond motifs is 1. The molecule has 1 N–H and O–H groups in total. The second-order valence-corrected chi connectivity index (χ2v) is 4.96. The van der Waals surface area contributed by atoms with Crippen LogP contribution in [0.25, 0.3) is 0 Å². The molecule has 0 saturated heterocycles. The molecule has 0 spiro atoms. The normalized spacial score (nSPS) is 15.4. The van der Waals surface area contributed by atoms with Crippen molar-refractivity contribution in [2.45, 2.75) is 32.6 Å². The van der Waals surface area contributed by atoms with Crippen LogP contribution in [0.15, 0.2) is 41.2 Å². The van der Waals surface area contributed by atoms with Crippen molar-refractivity contribution in [3.05, 3.63) is 59.0 Å². The first kappa shape index (κ1) is 12.5. The van der Waals surface area contributed by atoms with Gasteiger partial charge in [0.25, 0.3) is 0 Å². The summed E-state index contributed by atoms with van der Waals surface area (Å²) in [6.07, 6.45) is 4.66. The molecule has 0 bridgehead atoms. The van der Waals surface area contributed by atoms with E-state index in [9.17, 15) is 0 Å². The van der Waals surface area contributed by atoms with Crippen molar-refractivity contribution >= 4 is 0 Å². The Kier molecular flexibility index (Phi) is 3.67. The molecule has 0 saturated carbocycles. The molecule has 0 radical (unpaired) electrons. The molecule has 3 rings (SSSR count). The summed E-state index contributed by atoms with van der Waals surface area (Å²) in [5, 5.41) is 3.58. The summed E-state index contributed by atoms with van der Waals surface area (Å²) in [5.74, 6) is 0. The molecule has 1 unspecified atom stereocenters. The van der Waals surface area contributed by atoms with Gasteiger partial charge in [0.1, 0.15) is 0 Å². The Morgan fingerprint density at radius 2 is 2.05 bits per heavy atom. The fourth-order valence-electron chi connectivity index (χ4n) is 2.53. The molecular weight excluding hydrogens is 238 g/mol. The topological polar surface area (TPSA) is 34.4 Å². The Balaban J connectivity index is 1.90. The van der Waals surface area contributed by atoms with Crippen LogP contribution in [-0.2, 0) is 18.0 Å². The molecule has 0 aliphatic carbocycles. The summed E-state index contributed by atoms with van der Waals surface area (Å²) in [5.41, 5.74) is 5.07. The summed E-state index contributed by atoms with van der Waals surface area (Å²) in [7, 11) is 0. The highest BCUT2D eigenvalue weighted by atomic mass is 16.5. The number of hydrogen-bond donors (Lipinski definition) is 1. The Labute approximate surface area is 113 Å². The largest absolute Gasteiger partial charge is 0.472 e. The number of rotatable bonds is 5. The molecule has 1 atom stereocenters. The van der Waals surface area contributed by atoms with Gasteiger partial charge in [0.05, 0.1) is 31.8 Å². The van der Waals surface area contributed by atoms with Gasteiger partial charge in [-0.25, -0.2) is 0 Å². The van der Waals surface area contributed by atoms with Gasteiger partial charge in [0, 0.05) is 5.56 Å².